The lowest BCUT2D eigenvalue weighted by Gasteiger charge is -2.42. The van der Waals surface area contributed by atoms with E-state index in [1.165, 1.54) is 24.0 Å². The maximum absolute atomic E-state index is 11.7. The van der Waals surface area contributed by atoms with Crippen LogP contribution in [-0.4, -0.2) is 47.6 Å². The molecular weight excluding hydrogens is 498 g/mol. The molecule has 3 aliphatic rings. The van der Waals surface area contributed by atoms with E-state index in [1.54, 1.807) is 6.92 Å². The number of likely N-dealkylation sites (tertiary alicyclic amines) is 2. The molecule has 0 spiro atoms. The summed E-state index contributed by atoms with van der Waals surface area (Å²) in [5, 5.41) is 0.797. The molecule has 4 nitrogen and oxygen atoms in total. The fraction of sp³-hybridized carbons (Fsp3) is 0.556. The summed E-state index contributed by atoms with van der Waals surface area (Å²) in [5.41, 5.74) is 4.85. The number of allylic oxidation sites excluding steroid dienone is 1. The number of halogens is 2. The summed E-state index contributed by atoms with van der Waals surface area (Å²) < 4.78 is 1.01. The zero-order valence-electron chi connectivity index (χ0n) is 19.8. The molecular formula is C27H35BrClN3O. The first-order valence-corrected chi connectivity index (χ1v) is 13.4. The minimum absolute atomic E-state index is 0.121. The second kappa shape index (κ2) is 10.9. The van der Waals surface area contributed by atoms with Crippen LogP contribution in [0.5, 0.6) is 0 Å². The average Bonchev–Trinajstić information content (AvgIpc) is 2.94. The van der Waals surface area contributed by atoms with Crippen LogP contribution in [0, 0.1) is 11.8 Å². The molecule has 2 saturated heterocycles. The van der Waals surface area contributed by atoms with Gasteiger partial charge in [0.2, 0.25) is 5.91 Å². The van der Waals surface area contributed by atoms with Crippen molar-refractivity contribution in [3.8, 4) is 0 Å². The van der Waals surface area contributed by atoms with Crippen molar-refractivity contribution in [2.45, 2.75) is 58.4 Å². The number of fused-ring (bicyclic) bond motifs is 1. The molecule has 1 unspecified atom stereocenters. The zero-order valence-corrected chi connectivity index (χ0v) is 22.2. The van der Waals surface area contributed by atoms with Crippen molar-refractivity contribution >= 4 is 39.1 Å². The van der Waals surface area contributed by atoms with E-state index in [9.17, 15) is 4.79 Å². The number of aryl methyl sites for hydroxylation is 1. The van der Waals surface area contributed by atoms with Gasteiger partial charge in [-0.05, 0) is 99.2 Å². The Morgan fingerprint density at radius 2 is 1.73 bits per heavy atom. The van der Waals surface area contributed by atoms with E-state index >= 15 is 0 Å². The molecule has 33 heavy (non-hydrogen) atoms. The molecule has 1 aromatic carbocycles. The topological polar surface area (TPSA) is 35.9 Å². The van der Waals surface area contributed by atoms with Gasteiger partial charge in [0.25, 0.3) is 0 Å². The van der Waals surface area contributed by atoms with E-state index in [4.69, 9.17) is 16.6 Å². The Morgan fingerprint density at radius 1 is 1.09 bits per heavy atom. The molecule has 2 aliphatic heterocycles. The molecule has 2 fully saturated rings. The number of amides is 1. The van der Waals surface area contributed by atoms with Gasteiger partial charge in [-0.2, -0.15) is 0 Å². The molecule has 0 saturated carbocycles. The lowest BCUT2D eigenvalue weighted by Crippen LogP contribution is -2.44. The number of hydrogen-bond acceptors (Lipinski definition) is 3. The summed E-state index contributed by atoms with van der Waals surface area (Å²) in [5.74, 6) is 1.71. The van der Waals surface area contributed by atoms with Crippen molar-refractivity contribution in [3.63, 3.8) is 0 Å². The number of hydrogen-bond donors (Lipinski definition) is 0. The highest BCUT2D eigenvalue weighted by Gasteiger charge is 2.36. The Balaban J connectivity index is 1.54. The average molecular weight is 533 g/mol. The van der Waals surface area contributed by atoms with Gasteiger partial charge in [0.05, 0.1) is 11.8 Å². The quantitative estimate of drug-likeness (QED) is 0.414. The summed E-state index contributed by atoms with van der Waals surface area (Å²) >= 11 is 9.90. The van der Waals surface area contributed by atoms with Crippen LogP contribution in [0.2, 0.25) is 5.02 Å². The predicted molar refractivity (Wildman–Crippen MR) is 141 cm³/mol. The molecule has 2 heterocycles. The van der Waals surface area contributed by atoms with Crippen molar-refractivity contribution < 1.29 is 4.79 Å². The van der Waals surface area contributed by atoms with Gasteiger partial charge in [-0.3, -0.25) is 14.7 Å². The van der Waals surface area contributed by atoms with Crippen LogP contribution in [0.25, 0.3) is 0 Å². The van der Waals surface area contributed by atoms with E-state index in [2.05, 4.69) is 39.5 Å². The summed E-state index contributed by atoms with van der Waals surface area (Å²) in [7, 11) is 0. The van der Waals surface area contributed by atoms with Gasteiger partial charge in [0, 0.05) is 35.7 Å². The summed E-state index contributed by atoms with van der Waals surface area (Å²) in [4.78, 5) is 21.2. The van der Waals surface area contributed by atoms with Crippen molar-refractivity contribution in [3.05, 3.63) is 57.2 Å². The number of benzene rings is 1. The number of piperidine rings is 2. The van der Waals surface area contributed by atoms with Crippen LogP contribution >= 0.6 is 27.5 Å². The lowest BCUT2D eigenvalue weighted by atomic mass is 9.78. The van der Waals surface area contributed by atoms with Crippen LogP contribution in [0.1, 0.15) is 63.1 Å². The monoisotopic (exact) mass is 531 g/mol. The van der Waals surface area contributed by atoms with E-state index in [0.29, 0.717) is 0 Å². The summed E-state index contributed by atoms with van der Waals surface area (Å²) in [6.45, 7) is 12.1. The molecule has 6 heteroatoms. The van der Waals surface area contributed by atoms with E-state index in [0.717, 1.165) is 84.5 Å². The Morgan fingerprint density at radius 3 is 2.33 bits per heavy atom. The van der Waals surface area contributed by atoms with E-state index < -0.39 is 0 Å². The summed E-state index contributed by atoms with van der Waals surface area (Å²) in [6.07, 6.45) is 8.47. The Labute approximate surface area is 211 Å². The largest absolute Gasteiger partial charge is 0.343 e. The maximum Gasteiger partial charge on any atom is 0.219 e. The Kier molecular flexibility index (Phi) is 8.14. The molecule has 0 radical (unpaired) electrons. The van der Waals surface area contributed by atoms with Crippen LogP contribution < -0.4 is 0 Å². The Bertz CT molecular complexity index is 952. The fourth-order valence-corrected chi connectivity index (χ4v) is 6.13. The SMILES string of the molecule is C=C1CCc2cc(Cl)ccc2C(N2CCC(C3CCN(C(C)=O)CC3)CC2)C1=N/C=C(\C)Br. The maximum atomic E-state index is 11.7. The first-order chi connectivity index (χ1) is 15.8. The number of nitrogens with zero attached hydrogens (tertiary/aromatic N) is 3. The third-order valence-corrected chi connectivity index (χ3v) is 8.13. The van der Waals surface area contributed by atoms with E-state index in [-0.39, 0.29) is 11.9 Å². The number of carbonyl (C=O) groups excluding carboxylic acids is 1. The first kappa shape index (κ1) is 24.7. The van der Waals surface area contributed by atoms with Crippen molar-refractivity contribution in [2.24, 2.45) is 16.8 Å². The van der Waals surface area contributed by atoms with Gasteiger partial charge >= 0.3 is 0 Å². The van der Waals surface area contributed by atoms with Crippen molar-refractivity contribution in [1.82, 2.24) is 9.80 Å². The van der Waals surface area contributed by atoms with Crippen LogP contribution in [0.15, 0.2) is 46.0 Å². The zero-order chi connectivity index (χ0) is 23.5. The molecule has 0 N–H and O–H groups in total. The molecule has 1 aromatic rings. The van der Waals surface area contributed by atoms with Crippen LogP contribution in [-0.2, 0) is 11.2 Å². The van der Waals surface area contributed by atoms with Gasteiger partial charge < -0.3 is 4.90 Å². The van der Waals surface area contributed by atoms with Crippen molar-refractivity contribution in [2.75, 3.05) is 26.2 Å². The molecule has 4 rings (SSSR count). The molecule has 178 valence electrons. The van der Waals surface area contributed by atoms with Crippen LogP contribution in [0.3, 0.4) is 0 Å². The lowest BCUT2D eigenvalue weighted by molar-refractivity contribution is -0.130. The minimum Gasteiger partial charge on any atom is -0.343 e. The summed E-state index contributed by atoms with van der Waals surface area (Å²) in [6, 6.07) is 6.46. The molecule has 1 amide bonds. The van der Waals surface area contributed by atoms with Gasteiger partial charge in [-0.15, -0.1) is 0 Å². The standard InChI is InChI=1S/C27H35BrClN3O/c1-18-4-5-23-16-24(29)6-7-25(23)27(26(18)30-17-19(2)28)32-14-10-22(11-15-32)21-8-12-31(13-9-21)20(3)33/h6-7,16-17,21-22,27H,1,4-5,8-15H2,2-3H3/b19-17+,30-26?. The third-order valence-electron chi connectivity index (χ3n) is 7.69. The second-order valence-electron chi connectivity index (χ2n) is 9.80. The minimum atomic E-state index is 0.121. The Hall–Kier alpha value is -1.43. The van der Waals surface area contributed by atoms with Gasteiger partial charge in [0.15, 0.2) is 0 Å². The highest BCUT2D eigenvalue weighted by Crippen LogP contribution is 2.39. The number of aliphatic imine (C=N–C) groups is 1. The second-order valence-corrected chi connectivity index (χ2v) is 11.5. The van der Waals surface area contributed by atoms with Gasteiger partial charge in [0.1, 0.15) is 0 Å². The predicted octanol–water partition coefficient (Wildman–Crippen LogP) is 6.55. The molecule has 0 bridgehead atoms. The van der Waals surface area contributed by atoms with Gasteiger partial charge in [-0.25, -0.2) is 0 Å². The molecule has 0 aromatic heterocycles. The van der Waals surface area contributed by atoms with Crippen molar-refractivity contribution in [1.29, 1.82) is 0 Å². The normalized spacial score (nSPS) is 25.3. The van der Waals surface area contributed by atoms with Gasteiger partial charge in [-0.1, -0.05) is 40.2 Å². The first-order valence-electron chi connectivity index (χ1n) is 12.2. The van der Waals surface area contributed by atoms with E-state index in [1.807, 2.05) is 24.1 Å². The fourth-order valence-electron chi connectivity index (χ4n) is 5.84. The third kappa shape index (κ3) is 5.80. The number of carbonyl (C=O) groups is 1. The molecule has 1 aliphatic carbocycles. The highest BCUT2D eigenvalue weighted by molar-refractivity contribution is 9.11. The highest BCUT2D eigenvalue weighted by atomic mass is 79.9. The number of rotatable bonds is 3. The smallest absolute Gasteiger partial charge is 0.219 e. The van der Waals surface area contributed by atoms with Crippen LogP contribution in [0.4, 0.5) is 0 Å². The molecule has 1 atom stereocenters.